The second kappa shape index (κ2) is 9.51. The number of benzene rings is 2. The van der Waals surface area contributed by atoms with E-state index in [9.17, 15) is 19.1 Å². The van der Waals surface area contributed by atoms with Crippen LogP contribution < -0.4 is 5.32 Å². The van der Waals surface area contributed by atoms with Gasteiger partial charge in [-0.25, -0.2) is 9.18 Å². The van der Waals surface area contributed by atoms with Gasteiger partial charge in [-0.3, -0.25) is 4.79 Å². The molecule has 2 N–H and O–H groups in total. The number of hydrogen-bond donors (Lipinski definition) is 2. The first-order valence-corrected chi connectivity index (χ1v) is 9.22. The highest BCUT2D eigenvalue weighted by Crippen LogP contribution is 2.29. The van der Waals surface area contributed by atoms with Gasteiger partial charge in [0.1, 0.15) is 11.9 Å². The van der Waals surface area contributed by atoms with Crippen LogP contribution in [0.25, 0.3) is 0 Å². The summed E-state index contributed by atoms with van der Waals surface area (Å²) < 4.78 is 13.3. The highest BCUT2D eigenvalue weighted by atomic mass is 35.5. The fourth-order valence-electron chi connectivity index (χ4n) is 2.92. The lowest BCUT2D eigenvalue weighted by atomic mass is 9.88. The molecule has 2 rings (SSSR count). The van der Waals surface area contributed by atoms with E-state index < -0.39 is 12.0 Å². The van der Waals surface area contributed by atoms with Gasteiger partial charge in [-0.2, -0.15) is 0 Å². The third kappa shape index (κ3) is 5.79. The summed E-state index contributed by atoms with van der Waals surface area (Å²) in [6.45, 7) is 3.66. The molecule has 0 aliphatic heterocycles. The first-order valence-electron chi connectivity index (χ1n) is 8.85. The van der Waals surface area contributed by atoms with E-state index in [1.807, 2.05) is 19.1 Å². The highest BCUT2D eigenvalue weighted by molar-refractivity contribution is 6.30. The standard InChI is InChI=1S/C21H23ClFNO3/c1-3-13(2)20(21(26)27)24-19(25)12-18(14-4-8-16(22)9-5-14)15-6-10-17(23)11-7-15/h4-11,13,18,20H,3,12H2,1-2H3,(H,24,25)(H,26,27)/t13-,18-,20-/m0/s1. The molecular formula is C21H23ClFNO3. The van der Waals surface area contributed by atoms with Crippen molar-refractivity contribution in [2.24, 2.45) is 5.92 Å². The summed E-state index contributed by atoms with van der Waals surface area (Å²) in [7, 11) is 0. The largest absolute Gasteiger partial charge is 0.480 e. The van der Waals surface area contributed by atoms with Gasteiger partial charge in [-0.15, -0.1) is 0 Å². The van der Waals surface area contributed by atoms with E-state index >= 15 is 0 Å². The zero-order chi connectivity index (χ0) is 20.0. The molecule has 0 aromatic heterocycles. The molecule has 4 nitrogen and oxygen atoms in total. The first kappa shape index (κ1) is 20.9. The average Bonchev–Trinajstić information content (AvgIpc) is 2.65. The maximum Gasteiger partial charge on any atom is 0.326 e. The number of hydrogen-bond acceptors (Lipinski definition) is 2. The third-order valence-electron chi connectivity index (χ3n) is 4.73. The van der Waals surface area contributed by atoms with Crippen LogP contribution in [-0.2, 0) is 9.59 Å². The van der Waals surface area contributed by atoms with Crippen LogP contribution in [0.4, 0.5) is 4.39 Å². The van der Waals surface area contributed by atoms with Crippen molar-refractivity contribution in [1.82, 2.24) is 5.32 Å². The number of carbonyl (C=O) groups excluding carboxylic acids is 1. The lowest BCUT2D eigenvalue weighted by molar-refractivity contribution is -0.143. The molecule has 0 bridgehead atoms. The number of aliphatic carboxylic acids is 1. The fourth-order valence-corrected chi connectivity index (χ4v) is 3.05. The van der Waals surface area contributed by atoms with Crippen molar-refractivity contribution in [2.75, 3.05) is 0 Å². The maximum absolute atomic E-state index is 13.3. The van der Waals surface area contributed by atoms with Crippen LogP contribution in [-0.4, -0.2) is 23.0 Å². The predicted octanol–water partition coefficient (Wildman–Crippen LogP) is 4.62. The molecule has 6 heteroatoms. The number of rotatable bonds is 8. The topological polar surface area (TPSA) is 66.4 Å². The Kier molecular flexibility index (Phi) is 7.36. The number of halogens is 2. The van der Waals surface area contributed by atoms with Crippen LogP contribution in [0, 0.1) is 11.7 Å². The summed E-state index contributed by atoms with van der Waals surface area (Å²) in [6.07, 6.45) is 0.684. The van der Waals surface area contributed by atoms with Gasteiger partial charge in [0.25, 0.3) is 0 Å². The van der Waals surface area contributed by atoms with Crippen LogP contribution in [0.15, 0.2) is 48.5 Å². The molecule has 2 aromatic rings. The van der Waals surface area contributed by atoms with Crippen LogP contribution in [0.3, 0.4) is 0 Å². The Bertz CT molecular complexity index is 732. The quantitative estimate of drug-likeness (QED) is 0.690. The summed E-state index contributed by atoms with van der Waals surface area (Å²) in [5, 5.41) is 12.6. The SMILES string of the molecule is CC[C@H](C)[C@H](NC(=O)C[C@H](c1ccc(F)cc1)c1ccc(Cl)cc1)C(=O)O. The molecular weight excluding hydrogens is 369 g/mol. The number of nitrogens with one attached hydrogen (secondary N) is 1. The van der Waals surface area contributed by atoms with Crippen molar-refractivity contribution in [3.63, 3.8) is 0 Å². The third-order valence-corrected chi connectivity index (χ3v) is 4.98. The van der Waals surface area contributed by atoms with Crippen molar-refractivity contribution in [2.45, 2.75) is 38.6 Å². The van der Waals surface area contributed by atoms with E-state index in [1.165, 1.54) is 12.1 Å². The molecule has 1 amide bonds. The minimum absolute atomic E-state index is 0.0491. The molecule has 0 saturated carbocycles. The highest BCUT2D eigenvalue weighted by Gasteiger charge is 2.27. The van der Waals surface area contributed by atoms with E-state index in [1.54, 1.807) is 31.2 Å². The van der Waals surface area contributed by atoms with Gasteiger partial charge in [0.15, 0.2) is 0 Å². The predicted molar refractivity (Wildman–Crippen MR) is 103 cm³/mol. The van der Waals surface area contributed by atoms with E-state index in [4.69, 9.17) is 11.6 Å². The van der Waals surface area contributed by atoms with Gasteiger partial charge in [0.05, 0.1) is 0 Å². The first-order chi connectivity index (χ1) is 12.8. The molecule has 0 fully saturated rings. The number of amides is 1. The van der Waals surface area contributed by atoms with Crippen molar-refractivity contribution in [1.29, 1.82) is 0 Å². The molecule has 144 valence electrons. The second-order valence-electron chi connectivity index (χ2n) is 6.63. The maximum atomic E-state index is 13.3. The van der Waals surface area contributed by atoms with Crippen LogP contribution >= 0.6 is 11.6 Å². The van der Waals surface area contributed by atoms with Gasteiger partial charge >= 0.3 is 5.97 Å². The fraction of sp³-hybridized carbons (Fsp3) is 0.333. The van der Waals surface area contributed by atoms with Gasteiger partial charge < -0.3 is 10.4 Å². The molecule has 2 aromatic carbocycles. The van der Waals surface area contributed by atoms with Gasteiger partial charge in [0.2, 0.25) is 5.91 Å². The number of carboxylic acid groups (broad SMARTS) is 1. The Balaban J connectivity index is 2.25. The van der Waals surface area contributed by atoms with Crippen molar-refractivity contribution in [3.05, 3.63) is 70.5 Å². The van der Waals surface area contributed by atoms with E-state index in [2.05, 4.69) is 5.32 Å². The number of carbonyl (C=O) groups is 2. The molecule has 0 saturated heterocycles. The Labute approximate surface area is 163 Å². The average molecular weight is 392 g/mol. The van der Waals surface area contributed by atoms with Crippen molar-refractivity contribution in [3.8, 4) is 0 Å². The van der Waals surface area contributed by atoms with Crippen LogP contribution in [0.1, 0.15) is 43.7 Å². The van der Waals surface area contributed by atoms with Crippen molar-refractivity contribution < 1.29 is 19.1 Å². The zero-order valence-corrected chi connectivity index (χ0v) is 16.0. The van der Waals surface area contributed by atoms with Gasteiger partial charge in [-0.1, -0.05) is 56.1 Å². The van der Waals surface area contributed by atoms with Crippen LogP contribution in [0.5, 0.6) is 0 Å². The summed E-state index contributed by atoms with van der Waals surface area (Å²) in [5.41, 5.74) is 1.61. The molecule has 3 atom stereocenters. The smallest absolute Gasteiger partial charge is 0.326 e. The molecule has 0 unspecified atom stereocenters. The molecule has 0 heterocycles. The molecule has 0 radical (unpaired) electrons. The lowest BCUT2D eigenvalue weighted by Gasteiger charge is -2.23. The molecule has 27 heavy (non-hydrogen) atoms. The van der Waals surface area contributed by atoms with E-state index in [0.29, 0.717) is 11.4 Å². The van der Waals surface area contributed by atoms with Gasteiger partial charge in [0, 0.05) is 17.4 Å². The van der Waals surface area contributed by atoms with Gasteiger partial charge in [-0.05, 0) is 41.3 Å². The van der Waals surface area contributed by atoms with Crippen molar-refractivity contribution >= 4 is 23.5 Å². The van der Waals surface area contributed by atoms with E-state index in [0.717, 1.165) is 11.1 Å². The normalized spacial score (nSPS) is 14.2. The molecule has 0 aliphatic carbocycles. The Hall–Kier alpha value is -2.40. The summed E-state index contributed by atoms with van der Waals surface area (Å²) >= 11 is 5.95. The molecule has 0 aliphatic rings. The lowest BCUT2D eigenvalue weighted by Crippen LogP contribution is -2.45. The monoisotopic (exact) mass is 391 g/mol. The summed E-state index contributed by atoms with van der Waals surface area (Å²) in [5.74, 6) is -2.31. The Morgan fingerprint density at radius 2 is 1.59 bits per heavy atom. The van der Waals surface area contributed by atoms with Crippen LogP contribution in [0.2, 0.25) is 5.02 Å². The summed E-state index contributed by atoms with van der Waals surface area (Å²) in [6, 6.07) is 12.1. The number of carboxylic acids is 1. The zero-order valence-electron chi connectivity index (χ0n) is 15.3. The van der Waals surface area contributed by atoms with E-state index in [-0.39, 0.29) is 30.0 Å². The minimum atomic E-state index is -1.05. The molecule has 0 spiro atoms. The minimum Gasteiger partial charge on any atom is -0.480 e. The second-order valence-corrected chi connectivity index (χ2v) is 7.07. The Morgan fingerprint density at radius 1 is 1.07 bits per heavy atom. The Morgan fingerprint density at radius 3 is 2.07 bits per heavy atom. The summed E-state index contributed by atoms with van der Waals surface area (Å²) in [4.78, 5) is 24.1.